The molecule has 3 aliphatic rings. The van der Waals surface area contributed by atoms with Crippen molar-refractivity contribution in [2.75, 3.05) is 65.8 Å². The molecule has 0 aliphatic carbocycles. The van der Waals surface area contributed by atoms with Gasteiger partial charge in [0.15, 0.2) is 11.5 Å². The minimum absolute atomic E-state index is 0.0113. The third kappa shape index (κ3) is 6.57. The molecule has 0 radical (unpaired) electrons. The number of morpholine rings is 1. The van der Waals surface area contributed by atoms with Crippen LogP contribution in [-0.2, 0) is 24.3 Å². The summed E-state index contributed by atoms with van der Waals surface area (Å²) in [6, 6.07) is 4.73. The fourth-order valence-electron chi connectivity index (χ4n) is 4.36. The lowest BCUT2D eigenvalue weighted by molar-refractivity contribution is -0.121. The molecule has 2 atom stereocenters. The second-order valence-electron chi connectivity index (χ2n) is 8.45. The molecular formula is C22H33N3O7S. The molecule has 2 N–H and O–H groups in total. The summed E-state index contributed by atoms with van der Waals surface area (Å²) in [5.74, 6) is 1.14. The molecule has 184 valence electrons. The number of amides is 1. The van der Waals surface area contributed by atoms with E-state index in [9.17, 15) is 13.2 Å². The van der Waals surface area contributed by atoms with Gasteiger partial charge in [0.2, 0.25) is 15.9 Å². The zero-order chi connectivity index (χ0) is 23.1. The standard InChI is InChI=1S/C22H33N3O7S/c26-22(23-15-19(17-5-11-30-16-17)25-7-12-29-13-8-25)4-6-24-33(27,28)18-2-3-20-21(14-18)32-10-1-9-31-20/h2-3,14,17,19,24H,1,4-13,15-16H2,(H,23,26). The highest BCUT2D eigenvalue weighted by Crippen LogP contribution is 2.31. The minimum Gasteiger partial charge on any atom is -0.490 e. The normalized spacial score (nSPS) is 22.5. The summed E-state index contributed by atoms with van der Waals surface area (Å²) in [6.45, 7) is 6.06. The number of nitrogens with zero attached hydrogens (tertiary/aromatic N) is 1. The maximum atomic E-state index is 12.7. The van der Waals surface area contributed by atoms with Crippen molar-refractivity contribution < 1.29 is 32.2 Å². The Morgan fingerprint density at radius 3 is 2.61 bits per heavy atom. The van der Waals surface area contributed by atoms with Gasteiger partial charge in [-0.15, -0.1) is 0 Å². The summed E-state index contributed by atoms with van der Waals surface area (Å²) in [5, 5.41) is 2.98. The van der Waals surface area contributed by atoms with E-state index in [1.807, 2.05) is 0 Å². The van der Waals surface area contributed by atoms with Gasteiger partial charge in [0, 0.05) is 63.7 Å². The number of fused-ring (bicyclic) bond motifs is 1. The molecular weight excluding hydrogens is 450 g/mol. The quantitative estimate of drug-likeness (QED) is 0.518. The van der Waals surface area contributed by atoms with Crippen molar-refractivity contribution in [1.29, 1.82) is 0 Å². The second kappa shape index (κ2) is 11.5. The molecule has 2 unspecified atom stereocenters. The minimum atomic E-state index is -3.77. The molecule has 4 rings (SSSR count). The molecule has 1 amide bonds. The Kier molecular flexibility index (Phi) is 8.42. The van der Waals surface area contributed by atoms with E-state index >= 15 is 0 Å². The van der Waals surface area contributed by atoms with Crippen LogP contribution in [0.15, 0.2) is 23.1 Å². The van der Waals surface area contributed by atoms with Crippen LogP contribution in [0.5, 0.6) is 11.5 Å². The predicted molar refractivity (Wildman–Crippen MR) is 120 cm³/mol. The Morgan fingerprint density at radius 1 is 1.06 bits per heavy atom. The van der Waals surface area contributed by atoms with Crippen LogP contribution < -0.4 is 19.5 Å². The van der Waals surface area contributed by atoms with Crippen LogP contribution >= 0.6 is 0 Å². The lowest BCUT2D eigenvalue weighted by atomic mass is 9.97. The zero-order valence-electron chi connectivity index (χ0n) is 18.8. The van der Waals surface area contributed by atoms with E-state index in [-0.39, 0.29) is 29.8 Å². The van der Waals surface area contributed by atoms with E-state index in [1.165, 1.54) is 12.1 Å². The molecule has 11 heteroatoms. The highest BCUT2D eigenvalue weighted by Gasteiger charge is 2.31. The Balaban J connectivity index is 1.26. The maximum absolute atomic E-state index is 12.7. The van der Waals surface area contributed by atoms with Gasteiger partial charge in [-0.25, -0.2) is 13.1 Å². The van der Waals surface area contributed by atoms with Crippen LogP contribution in [0.3, 0.4) is 0 Å². The Bertz CT molecular complexity index is 899. The van der Waals surface area contributed by atoms with Crippen LogP contribution in [0.2, 0.25) is 0 Å². The summed E-state index contributed by atoms with van der Waals surface area (Å²) in [5.41, 5.74) is 0. The average molecular weight is 484 g/mol. The number of carbonyl (C=O) groups is 1. The zero-order valence-corrected chi connectivity index (χ0v) is 19.6. The summed E-state index contributed by atoms with van der Waals surface area (Å²) >= 11 is 0. The number of hydrogen-bond donors (Lipinski definition) is 2. The summed E-state index contributed by atoms with van der Waals surface area (Å²) in [6.07, 6.45) is 1.78. The van der Waals surface area contributed by atoms with E-state index in [1.54, 1.807) is 6.07 Å². The molecule has 2 saturated heterocycles. The summed E-state index contributed by atoms with van der Waals surface area (Å²) in [7, 11) is -3.77. The molecule has 1 aromatic carbocycles. The number of hydrogen-bond acceptors (Lipinski definition) is 8. The number of rotatable bonds is 9. The molecule has 1 aromatic rings. The van der Waals surface area contributed by atoms with Gasteiger partial charge in [-0.2, -0.15) is 0 Å². The Morgan fingerprint density at radius 2 is 1.85 bits per heavy atom. The van der Waals surface area contributed by atoms with Gasteiger partial charge in [-0.05, 0) is 18.6 Å². The first-order valence-electron chi connectivity index (χ1n) is 11.6. The first-order valence-corrected chi connectivity index (χ1v) is 13.1. The first-order chi connectivity index (χ1) is 16.0. The lowest BCUT2D eigenvalue weighted by Crippen LogP contribution is -2.52. The molecule has 0 spiro atoms. The second-order valence-corrected chi connectivity index (χ2v) is 10.2. The predicted octanol–water partition coefficient (Wildman–Crippen LogP) is 0.370. The SMILES string of the molecule is O=C(CCNS(=O)(=O)c1ccc2c(c1)OCCCO2)NCC(C1CCOC1)N1CCOCC1. The van der Waals surface area contributed by atoms with Crippen LogP contribution in [0.4, 0.5) is 0 Å². The average Bonchev–Trinajstić information content (AvgIpc) is 3.24. The third-order valence-corrected chi connectivity index (χ3v) is 7.66. The molecule has 0 saturated carbocycles. The van der Waals surface area contributed by atoms with E-state index in [2.05, 4.69) is 14.9 Å². The fourth-order valence-corrected chi connectivity index (χ4v) is 5.41. The molecule has 0 bridgehead atoms. The molecule has 0 aromatic heterocycles. The van der Waals surface area contributed by atoms with Gasteiger partial charge in [0.25, 0.3) is 0 Å². The van der Waals surface area contributed by atoms with Crippen molar-refractivity contribution in [3.63, 3.8) is 0 Å². The van der Waals surface area contributed by atoms with E-state index in [4.69, 9.17) is 18.9 Å². The van der Waals surface area contributed by atoms with E-state index in [0.29, 0.717) is 57.0 Å². The van der Waals surface area contributed by atoms with Crippen LogP contribution in [-0.4, -0.2) is 91.1 Å². The van der Waals surface area contributed by atoms with Gasteiger partial charge < -0.3 is 24.3 Å². The number of benzene rings is 1. The monoisotopic (exact) mass is 483 g/mol. The molecule has 33 heavy (non-hydrogen) atoms. The van der Waals surface area contributed by atoms with Crippen molar-refractivity contribution in [2.24, 2.45) is 5.92 Å². The van der Waals surface area contributed by atoms with E-state index in [0.717, 1.165) is 32.5 Å². The van der Waals surface area contributed by atoms with Crippen molar-refractivity contribution >= 4 is 15.9 Å². The van der Waals surface area contributed by atoms with Crippen molar-refractivity contribution in [2.45, 2.75) is 30.2 Å². The van der Waals surface area contributed by atoms with Crippen LogP contribution in [0, 0.1) is 5.92 Å². The van der Waals surface area contributed by atoms with Gasteiger partial charge in [0.1, 0.15) is 0 Å². The summed E-state index contributed by atoms with van der Waals surface area (Å²) in [4.78, 5) is 14.9. The number of sulfonamides is 1. The van der Waals surface area contributed by atoms with Crippen molar-refractivity contribution in [3.05, 3.63) is 18.2 Å². The molecule has 2 fully saturated rings. The fraction of sp³-hybridized carbons (Fsp3) is 0.682. The largest absolute Gasteiger partial charge is 0.490 e. The Labute approximate surface area is 194 Å². The van der Waals surface area contributed by atoms with Gasteiger partial charge in [0.05, 0.1) is 37.9 Å². The number of carbonyl (C=O) groups excluding carboxylic acids is 1. The van der Waals surface area contributed by atoms with Crippen LogP contribution in [0.25, 0.3) is 0 Å². The smallest absolute Gasteiger partial charge is 0.240 e. The maximum Gasteiger partial charge on any atom is 0.240 e. The molecule has 10 nitrogen and oxygen atoms in total. The number of ether oxygens (including phenoxy) is 4. The third-order valence-electron chi connectivity index (χ3n) is 6.21. The highest BCUT2D eigenvalue weighted by atomic mass is 32.2. The topological polar surface area (TPSA) is 115 Å². The first kappa shape index (κ1) is 24.2. The van der Waals surface area contributed by atoms with Gasteiger partial charge >= 0.3 is 0 Å². The molecule has 3 heterocycles. The van der Waals surface area contributed by atoms with Crippen LogP contribution in [0.1, 0.15) is 19.3 Å². The number of nitrogens with one attached hydrogen (secondary N) is 2. The van der Waals surface area contributed by atoms with Crippen molar-refractivity contribution in [3.8, 4) is 11.5 Å². The Hall–Kier alpha value is -1.92. The van der Waals surface area contributed by atoms with E-state index < -0.39 is 10.0 Å². The molecule has 3 aliphatic heterocycles. The van der Waals surface area contributed by atoms with Crippen molar-refractivity contribution in [1.82, 2.24) is 14.9 Å². The highest BCUT2D eigenvalue weighted by molar-refractivity contribution is 7.89. The lowest BCUT2D eigenvalue weighted by Gasteiger charge is -2.37. The van der Waals surface area contributed by atoms with Gasteiger partial charge in [-0.1, -0.05) is 0 Å². The van der Waals surface area contributed by atoms with Gasteiger partial charge in [-0.3, -0.25) is 9.69 Å². The summed E-state index contributed by atoms with van der Waals surface area (Å²) < 4.78 is 50.0.